The van der Waals surface area contributed by atoms with Crippen molar-refractivity contribution < 1.29 is 28.5 Å². The van der Waals surface area contributed by atoms with Gasteiger partial charge in [-0.3, -0.25) is 0 Å². The van der Waals surface area contributed by atoms with Gasteiger partial charge in [0.05, 0.1) is 6.10 Å². The lowest BCUT2D eigenvalue weighted by Crippen LogP contribution is -2.54. The molecule has 2 fully saturated rings. The minimum atomic E-state index is -4.55. The van der Waals surface area contributed by atoms with E-state index < -0.39 is 12.3 Å². The summed E-state index contributed by atoms with van der Waals surface area (Å²) in [5, 5.41) is 30.3. The summed E-state index contributed by atoms with van der Waals surface area (Å²) in [6.45, 7) is 6.51. The lowest BCUT2D eigenvalue weighted by atomic mass is 9.44. The van der Waals surface area contributed by atoms with E-state index in [1.807, 2.05) is 12.1 Å². The van der Waals surface area contributed by atoms with Crippen LogP contribution < -0.4 is 0 Å². The van der Waals surface area contributed by atoms with Crippen LogP contribution in [0.1, 0.15) is 81.8 Å². The van der Waals surface area contributed by atoms with Gasteiger partial charge in [0.1, 0.15) is 11.9 Å². The summed E-state index contributed by atoms with van der Waals surface area (Å²) in [5.74, 6) is 1.15. The van der Waals surface area contributed by atoms with Crippen LogP contribution in [0.3, 0.4) is 0 Å². The van der Waals surface area contributed by atoms with Crippen molar-refractivity contribution in [1.29, 1.82) is 0 Å². The average Bonchev–Trinajstić information content (AvgIpc) is 3.06. The first-order chi connectivity index (χ1) is 15.5. The third kappa shape index (κ3) is 4.22. The molecule has 0 heterocycles. The minimum absolute atomic E-state index is 0.119. The maximum Gasteiger partial charge on any atom is 0.414 e. The number of phenols is 1. The molecule has 184 valence electrons. The molecule has 0 aliphatic heterocycles. The second kappa shape index (κ2) is 8.92. The van der Waals surface area contributed by atoms with Gasteiger partial charge in [0, 0.05) is 0 Å². The van der Waals surface area contributed by atoms with Crippen molar-refractivity contribution in [3.63, 3.8) is 0 Å². The molecule has 3 nitrogen and oxygen atoms in total. The van der Waals surface area contributed by atoms with E-state index in [1.165, 1.54) is 11.1 Å². The van der Waals surface area contributed by atoms with Crippen molar-refractivity contribution in [2.75, 3.05) is 0 Å². The molecule has 33 heavy (non-hydrogen) atoms. The standard InChI is InChI=1S/C27H37F3O3/c1-3-26-14-13-17-15-19(31)9-10-20(17)24(26)18(16-25(2)21(26)11-12-22(25)32)7-5-4-6-8-23(33)27(28,29)30/h3,9-10,15,18,21-24,31-33H,1,4-8,11-14,16H2,2H3/t18-,21+,22-,23+,24+,25-,26-/m0/s1. The van der Waals surface area contributed by atoms with E-state index in [0.717, 1.165) is 44.9 Å². The summed E-state index contributed by atoms with van der Waals surface area (Å²) < 4.78 is 37.8. The highest BCUT2D eigenvalue weighted by Crippen LogP contribution is 2.69. The summed E-state index contributed by atoms with van der Waals surface area (Å²) in [6.07, 6.45) is 1.89. The Kier molecular flexibility index (Phi) is 6.65. The van der Waals surface area contributed by atoms with Crippen molar-refractivity contribution >= 4 is 0 Å². The van der Waals surface area contributed by atoms with Gasteiger partial charge in [0.15, 0.2) is 0 Å². The van der Waals surface area contributed by atoms with E-state index in [2.05, 4.69) is 19.6 Å². The molecule has 3 N–H and O–H groups in total. The molecule has 0 unspecified atom stereocenters. The SMILES string of the molecule is C=C[C@@]12CCc3cc(O)ccc3[C@H]1[C@@H](CCCCC[C@@H](O)C(F)(F)F)C[C@@]1(C)[C@H]2CC[C@@H]1O. The van der Waals surface area contributed by atoms with Crippen LogP contribution in [0.15, 0.2) is 30.9 Å². The van der Waals surface area contributed by atoms with Gasteiger partial charge in [-0.1, -0.05) is 38.3 Å². The largest absolute Gasteiger partial charge is 0.508 e. The van der Waals surface area contributed by atoms with Crippen molar-refractivity contribution in [2.45, 2.75) is 95.4 Å². The number of phenolic OH excluding ortho intramolecular Hbond substituents is 1. The Morgan fingerprint density at radius 3 is 2.67 bits per heavy atom. The normalized spacial score (nSPS) is 36.5. The van der Waals surface area contributed by atoms with E-state index >= 15 is 0 Å². The fourth-order valence-corrected chi connectivity index (χ4v) is 7.78. The Morgan fingerprint density at radius 2 is 1.97 bits per heavy atom. The highest BCUT2D eigenvalue weighted by molar-refractivity contribution is 5.43. The first kappa shape index (κ1) is 24.6. The molecule has 3 aliphatic rings. The fourth-order valence-electron chi connectivity index (χ4n) is 7.78. The zero-order valence-corrected chi connectivity index (χ0v) is 19.4. The Labute approximate surface area is 194 Å². The quantitative estimate of drug-likeness (QED) is 0.328. The molecule has 7 atom stereocenters. The molecule has 0 bridgehead atoms. The number of halogens is 3. The average molecular weight is 467 g/mol. The Bertz CT molecular complexity index is 869. The number of benzene rings is 1. The molecule has 0 aromatic heterocycles. The van der Waals surface area contributed by atoms with E-state index in [0.29, 0.717) is 18.8 Å². The topological polar surface area (TPSA) is 60.7 Å². The minimum Gasteiger partial charge on any atom is -0.508 e. The van der Waals surface area contributed by atoms with Gasteiger partial charge < -0.3 is 15.3 Å². The van der Waals surface area contributed by atoms with Crippen LogP contribution in [0.5, 0.6) is 5.75 Å². The number of alkyl halides is 3. The number of fused-ring (bicyclic) bond motifs is 5. The summed E-state index contributed by atoms with van der Waals surface area (Å²) in [6, 6.07) is 5.67. The smallest absolute Gasteiger partial charge is 0.414 e. The molecular weight excluding hydrogens is 429 g/mol. The predicted molar refractivity (Wildman–Crippen MR) is 122 cm³/mol. The fraction of sp³-hybridized carbons (Fsp3) is 0.704. The highest BCUT2D eigenvalue weighted by Gasteiger charge is 2.63. The number of unbranched alkanes of at least 4 members (excludes halogenated alkanes) is 2. The molecule has 0 radical (unpaired) electrons. The molecule has 0 amide bonds. The summed E-state index contributed by atoms with van der Waals surface area (Å²) >= 11 is 0. The lowest BCUT2D eigenvalue weighted by molar-refractivity contribution is -0.205. The first-order valence-corrected chi connectivity index (χ1v) is 12.4. The van der Waals surface area contributed by atoms with E-state index in [-0.39, 0.29) is 40.9 Å². The van der Waals surface area contributed by atoms with Crippen LogP contribution in [0, 0.1) is 22.7 Å². The van der Waals surface area contributed by atoms with Gasteiger partial charge >= 0.3 is 6.18 Å². The number of aryl methyl sites for hydroxylation is 1. The number of rotatable bonds is 7. The Balaban J connectivity index is 1.57. The molecule has 4 rings (SSSR count). The molecule has 3 aliphatic carbocycles. The zero-order valence-electron chi connectivity index (χ0n) is 19.4. The van der Waals surface area contributed by atoms with Crippen LogP contribution >= 0.6 is 0 Å². The van der Waals surface area contributed by atoms with E-state index in [1.54, 1.807) is 6.07 Å². The van der Waals surface area contributed by atoms with Gasteiger partial charge in [0.2, 0.25) is 0 Å². The van der Waals surface area contributed by atoms with Crippen LogP contribution in [-0.4, -0.2) is 33.7 Å². The van der Waals surface area contributed by atoms with Crippen molar-refractivity contribution in [1.82, 2.24) is 0 Å². The number of hydrogen-bond acceptors (Lipinski definition) is 3. The van der Waals surface area contributed by atoms with Crippen molar-refractivity contribution in [3.8, 4) is 5.75 Å². The second-order valence-corrected chi connectivity index (χ2v) is 11.0. The second-order valence-electron chi connectivity index (χ2n) is 11.0. The van der Waals surface area contributed by atoms with Gasteiger partial charge in [-0.25, -0.2) is 0 Å². The maximum absolute atomic E-state index is 12.6. The molecule has 2 saturated carbocycles. The molecule has 1 aromatic carbocycles. The molecule has 0 spiro atoms. The van der Waals surface area contributed by atoms with E-state index in [4.69, 9.17) is 0 Å². The third-order valence-electron chi connectivity index (χ3n) is 9.29. The number of aliphatic hydroxyl groups is 2. The Morgan fingerprint density at radius 1 is 1.21 bits per heavy atom. The highest BCUT2D eigenvalue weighted by atomic mass is 19.4. The van der Waals surface area contributed by atoms with Crippen LogP contribution in [-0.2, 0) is 6.42 Å². The van der Waals surface area contributed by atoms with E-state index in [9.17, 15) is 28.5 Å². The number of allylic oxidation sites excluding steroid dienone is 1. The number of aliphatic hydroxyl groups excluding tert-OH is 2. The van der Waals surface area contributed by atoms with Gasteiger partial charge in [-0.15, -0.1) is 6.58 Å². The Hall–Kier alpha value is -1.53. The lowest BCUT2D eigenvalue weighted by Gasteiger charge is -2.60. The van der Waals surface area contributed by atoms with Crippen LogP contribution in [0.25, 0.3) is 0 Å². The predicted octanol–water partition coefficient (Wildman–Crippen LogP) is 6.27. The zero-order chi connectivity index (χ0) is 24.0. The number of hydrogen-bond donors (Lipinski definition) is 3. The van der Waals surface area contributed by atoms with Gasteiger partial charge in [-0.05, 0) is 96.8 Å². The summed E-state index contributed by atoms with van der Waals surface area (Å²) in [4.78, 5) is 0. The molecule has 1 aromatic rings. The molecule has 6 heteroatoms. The van der Waals surface area contributed by atoms with Crippen molar-refractivity contribution in [3.05, 3.63) is 42.0 Å². The van der Waals surface area contributed by atoms with Gasteiger partial charge in [0.25, 0.3) is 0 Å². The molecule has 0 saturated heterocycles. The number of aromatic hydroxyl groups is 1. The maximum atomic E-state index is 12.6. The van der Waals surface area contributed by atoms with Crippen LogP contribution in [0.4, 0.5) is 13.2 Å². The summed E-state index contributed by atoms with van der Waals surface area (Å²) in [7, 11) is 0. The third-order valence-corrected chi connectivity index (χ3v) is 9.29. The first-order valence-electron chi connectivity index (χ1n) is 12.4. The monoisotopic (exact) mass is 466 g/mol. The van der Waals surface area contributed by atoms with Gasteiger partial charge in [-0.2, -0.15) is 13.2 Å². The molecular formula is C27H37F3O3. The van der Waals surface area contributed by atoms with Crippen molar-refractivity contribution in [2.24, 2.45) is 22.7 Å². The summed E-state index contributed by atoms with van der Waals surface area (Å²) in [5.41, 5.74) is 2.14. The van der Waals surface area contributed by atoms with Crippen LogP contribution in [0.2, 0.25) is 0 Å².